The summed E-state index contributed by atoms with van der Waals surface area (Å²) in [6, 6.07) is 12.1. The lowest BCUT2D eigenvalue weighted by Gasteiger charge is -2.08. The van der Waals surface area contributed by atoms with E-state index in [1.165, 1.54) is 37.4 Å². The number of nitrogens with one attached hydrogen (secondary N) is 1. The molecule has 24 heavy (non-hydrogen) atoms. The van der Waals surface area contributed by atoms with E-state index in [4.69, 9.17) is 20.8 Å². The number of benzene rings is 2. The Labute approximate surface area is 142 Å². The number of hydrogen-bond acceptors (Lipinski definition) is 5. The summed E-state index contributed by atoms with van der Waals surface area (Å²) in [6.07, 6.45) is 0. The minimum Gasteiger partial charge on any atom is -0.497 e. The van der Waals surface area contributed by atoms with Crippen molar-refractivity contribution in [3.63, 3.8) is 0 Å². The smallest absolute Gasteiger partial charge is 0.357 e. The van der Waals surface area contributed by atoms with E-state index >= 15 is 0 Å². The highest BCUT2D eigenvalue weighted by molar-refractivity contribution is 7.92. The average molecular weight is 366 g/mol. The molecule has 6 nitrogen and oxygen atoms in total. The van der Waals surface area contributed by atoms with Gasteiger partial charge in [-0.3, -0.25) is 4.72 Å². The number of methoxy groups -OCH3 is 1. The van der Waals surface area contributed by atoms with Crippen LogP contribution < -0.4 is 15.1 Å². The summed E-state index contributed by atoms with van der Waals surface area (Å²) in [6.45, 7) is 0. The number of sulfonamides is 1. The molecule has 0 spiro atoms. The zero-order valence-electron chi connectivity index (χ0n) is 12.4. The minimum absolute atomic E-state index is 0.257. The van der Waals surface area contributed by atoms with E-state index in [0.29, 0.717) is 21.8 Å². The van der Waals surface area contributed by atoms with Gasteiger partial charge >= 0.3 is 5.63 Å². The van der Waals surface area contributed by atoms with Crippen molar-refractivity contribution in [1.82, 2.24) is 0 Å². The first-order chi connectivity index (χ1) is 11.4. The van der Waals surface area contributed by atoms with Crippen molar-refractivity contribution in [1.29, 1.82) is 0 Å². The van der Waals surface area contributed by atoms with Gasteiger partial charge in [-0.2, -0.15) is 0 Å². The molecule has 3 aromatic rings. The zero-order valence-corrected chi connectivity index (χ0v) is 14.0. The Balaban J connectivity index is 2.03. The predicted octanol–water partition coefficient (Wildman–Crippen LogP) is 3.26. The zero-order chi connectivity index (χ0) is 17.3. The second-order valence-electron chi connectivity index (χ2n) is 4.91. The average Bonchev–Trinajstić information content (AvgIpc) is 2.55. The molecule has 0 aliphatic rings. The molecule has 0 amide bonds. The van der Waals surface area contributed by atoms with Crippen LogP contribution in [0, 0.1) is 0 Å². The molecule has 0 aliphatic heterocycles. The van der Waals surface area contributed by atoms with Crippen LogP contribution in [0.3, 0.4) is 0 Å². The third kappa shape index (κ3) is 3.22. The first-order valence-corrected chi connectivity index (χ1v) is 8.65. The quantitative estimate of drug-likeness (QED) is 0.717. The van der Waals surface area contributed by atoms with Crippen molar-refractivity contribution in [2.75, 3.05) is 11.8 Å². The number of fused-ring (bicyclic) bond motifs is 1. The standard InChI is InChI=1S/C16H12ClNO5S/c1-22-13-5-3-12(4-6-13)18-24(20,21)15-9-10-8-11(17)2-7-14(10)23-16(15)19/h2-9,18H,1H3. The van der Waals surface area contributed by atoms with Crippen LogP contribution in [0.5, 0.6) is 5.75 Å². The molecule has 0 radical (unpaired) electrons. The summed E-state index contributed by atoms with van der Waals surface area (Å²) in [5.74, 6) is 0.581. The number of ether oxygens (including phenoxy) is 1. The highest BCUT2D eigenvalue weighted by atomic mass is 35.5. The van der Waals surface area contributed by atoms with E-state index in [1.54, 1.807) is 18.2 Å². The highest BCUT2D eigenvalue weighted by Gasteiger charge is 2.21. The van der Waals surface area contributed by atoms with E-state index < -0.39 is 20.5 Å². The lowest BCUT2D eigenvalue weighted by atomic mass is 10.2. The van der Waals surface area contributed by atoms with E-state index in [2.05, 4.69) is 4.72 Å². The molecule has 0 atom stereocenters. The molecule has 124 valence electrons. The van der Waals surface area contributed by atoms with Crippen LogP contribution >= 0.6 is 11.6 Å². The summed E-state index contributed by atoms with van der Waals surface area (Å²) >= 11 is 5.89. The molecule has 0 fully saturated rings. The highest BCUT2D eigenvalue weighted by Crippen LogP contribution is 2.22. The third-order valence-electron chi connectivity index (χ3n) is 3.29. The molecular formula is C16H12ClNO5S. The normalized spacial score (nSPS) is 11.4. The maximum absolute atomic E-state index is 12.5. The van der Waals surface area contributed by atoms with Gasteiger partial charge in [-0.25, -0.2) is 13.2 Å². The molecule has 1 N–H and O–H groups in total. The van der Waals surface area contributed by atoms with E-state index in [0.717, 1.165) is 0 Å². The second kappa shape index (κ2) is 6.18. The van der Waals surface area contributed by atoms with Crippen molar-refractivity contribution >= 4 is 38.3 Å². The van der Waals surface area contributed by atoms with Gasteiger partial charge in [-0.1, -0.05) is 11.6 Å². The van der Waals surface area contributed by atoms with Crippen LogP contribution in [0.25, 0.3) is 11.0 Å². The molecule has 0 aliphatic carbocycles. The van der Waals surface area contributed by atoms with Gasteiger partial charge in [0.05, 0.1) is 7.11 Å². The van der Waals surface area contributed by atoms with Gasteiger partial charge in [0.1, 0.15) is 11.3 Å². The van der Waals surface area contributed by atoms with Gasteiger partial charge < -0.3 is 9.15 Å². The van der Waals surface area contributed by atoms with Gasteiger partial charge in [0.2, 0.25) is 0 Å². The van der Waals surface area contributed by atoms with Gasteiger partial charge in [-0.15, -0.1) is 0 Å². The number of rotatable bonds is 4. The molecule has 0 saturated carbocycles. The van der Waals surface area contributed by atoms with Gasteiger partial charge in [0.25, 0.3) is 10.0 Å². The molecular weight excluding hydrogens is 354 g/mol. The SMILES string of the molecule is COc1ccc(NS(=O)(=O)c2cc3cc(Cl)ccc3oc2=O)cc1. The summed E-state index contributed by atoms with van der Waals surface area (Å²) in [5.41, 5.74) is -0.403. The number of anilines is 1. The van der Waals surface area contributed by atoms with Crippen molar-refractivity contribution in [2.45, 2.75) is 4.90 Å². The Bertz CT molecular complexity index is 1060. The summed E-state index contributed by atoms with van der Waals surface area (Å²) in [5, 5.41) is 0.819. The maximum atomic E-state index is 12.5. The molecule has 8 heteroatoms. The van der Waals surface area contributed by atoms with Crippen LogP contribution in [0.15, 0.2) is 62.6 Å². The fourth-order valence-corrected chi connectivity index (χ4v) is 3.41. The Hall–Kier alpha value is -2.51. The summed E-state index contributed by atoms with van der Waals surface area (Å²) in [4.78, 5) is 11.5. The van der Waals surface area contributed by atoms with Crippen molar-refractivity contribution < 1.29 is 17.6 Å². The fourth-order valence-electron chi connectivity index (χ4n) is 2.13. The predicted molar refractivity (Wildman–Crippen MR) is 91.3 cm³/mol. The van der Waals surface area contributed by atoms with Crippen molar-refractivity contribution in [3.8, 4) is 5.75 Å². The van der Waals surface area contributed by atoms with Crippen LogP contribution in [0.2, 0.25) is 5.02 Å². The molecule has 3 rings (SSSR count). The number of halogens is 1. The summed E-state index contributed by atoms with van der Waals surface area (Å²) < 4.78 is 37.3. The first kappa shape index (κ1) is 16.4. The van der Waals surface area contributed by atoms with E-state index in [9.17, 15) is 13.2 Å². The van der Waals surface area contributed by atoms with Crippen molar-refractivity contribution in [3.05, 3.63) is 64.0 Å². The summed E-state index contributed by atoms with van der Waals surface area (Å²) in [7, 11) is -2.60. The number of hydrogen-bond donors (Lipinski definition) is 1. The minimum atomic E-state index is -4.11. The lowest BCUT2D eigenvalue weighted by molar-refractivity contribution is 0.415. The maximum Gasteiger partial charge on any atom is 0.357 e. The topological polar surface area (TPSA) is 85.6 Å². The van der Waals surface area contributed by atoms with Gasteiger partial charge in [0.15, 0.2) is 4.90 Å². The monoisotopic (exact) mass is 365 g/mol. The van der Waals surface area contributed by atoms with Crippen LogP contribution in [-0.2, 0) is 10.0 Å². The van der Waals surface area contributed by atoms with E-state index in [1.807, 2.05) is 0 Å². The largest absolute Gasteiger partial charge is 0.497 e. The Kier molecular flexibility index (Phi) is 4.21. The van der Waals surface area contributed by atoms with E-state index in [-0.39, 0.29) is 5.58 Å². The third-order valence-corrected chi connectivity index (χ3v) is 4.90. The Morgan fingerprint density at radius 1 is 1.08 bits per heavy atom. The molecule has 2 aromatic carbocycles. The fraction of sp³-hybridized carbons (Fsp3) is 0.0625. The second-order valence-corrected chi connectivity index (χ2v) is 7.00. The molecule has 0 saturated heterocycles. The Morgan fingerprint density at radius 2 is 1.79 bits per heavy atom. The first-order valence-electron chi connectivity index (χ1n) is 6.79. The molecule has 0 unspecified atom stereocenters. The van der Waals surface area contributed by atoms with Gasteiger partial charge in [0, 0.05) is 16.1 Å². The van der Waals surface area contributed by atoms with Gasteiger partial charge in [-0.05, 0) is 48.5 Å². The van der Waals surface area contributed by atoms with Crippen LogP contribution in [0.4, 0.5) is 5.69 Å². The molecule has 1 heterocycles. The van der Waals surface area contributed by atoms with Crippen LogP contribution in [0.1, 0.15) is 0 Å². The lowest BCUT2D eigenvalue weighted by Crippen LogP contribution is -2.20. The van der Waals surface area contributed by atoms with Crippen LogP contribution in [-0.4, -0.2) is 15.5 Å². The molecule has 1 aromatic heterocycles. The molecule has 0 bridgehead atoms. The Morgan fingerprint density at radius 3 is 2.46 bits per heavy atom. The van der Waals surface area contributed by atoms with Crippen molar-refractivity contribution in [2.24, 2.45) is 0 Å².